The number of nitrogens with two attached hydrogens (primary N) is 1. The fourth-order valence-corrected chi connectivity index (χ4v) is 11.2. The molecule has 17 heavy (non-hydrogen) atoms. The lowest BCUT2D eigenvalue weighted by atomic mass is 10.4. The Hall–Kier alpha value is -0.426. The minimum absolute atomic E-state index is 0.572. The van der Waals surface area contributed by atoms with Gasteiger partial charge in [-0.15, -0.1) is 0 Å². The van der Waals surface area contributed by atoms with Gasteiger partial charge in [0, 0.05) is 6.17 Å². The van der Waals surface area contributed by atoms with Gasteiger partial charge in [-0.3, -0.25) is 0 Å². The summed E-state index contributed by atoms with van der Waals surface area (Å²) in [6, 6.07) is 10.8. The SMILES string of the molecule is CC(C)[Si](O[SiH2]CN)(c1ccccc1)C(C)C. The summed E-state index contributed by atoms with van der Waals surface area (Å²) in [5.74, 6) is 0. The smallest absolute Gasteiger partial charge is 0.217 e. The molecule has 1 rings (SSSR count). The first-order valence-electron chi connectivity index (χ1n) is 6.45. The number of rotatable bonds is 6. The summed E-state index contributed by atoms with van der Waals surface area (Å²) in [6.45, 7) is 9.18. The van der Waals surface area contributed by atoms with Gasteiger partial charge in [-0.05, 0) is 16.3 Å². The van der Waals surface area contributed by atoms with Gasteiger partial charge in [-0.1, -0.05) is 58.0 Å². The van der Waals surface area contributed by atoms with E-state index in [2.05, 4.69) is 58.0 Å². The summed E-state index contributed by atoms with van der Waals surface area (Å²) in [5.41, 5.74) is 6.85. The van der Waals surface area contributed by atoms with Crippen molar-refractivity contribution in [2.45, 2.75) is 38.8 Å². The van der Waals surface area contributed by atoms with E-state index in [1.165, 1.54) is 5.19 Å². The van der Waals surface area contributed by atoms with Crippen molar-refractivity contribution in [2.75, 3.05) is 6.17 Å². The molecule has 0 atom stereocenters. The van der Waals surface area contributed by atoms with Gasteiger partial charge in [-0.2, -0.15) is 0 Å². The Labute approximate surface area is 109 Å². The second-order valence-electron chi connectivity index (χ2n) is 5.11. The van der Waals surface area contributed by atoms with Crippen molar-refractivity contribution in [1.82, 2.24) is 0 Å². The largest absolute Gasteiger partial charge is 0.456 e. The van der Waals surface area contributed by atoms with Crippen molar-refractivity contribution in [3.8, 4) is 0 Å². The van der Waals surface area contributed by atoms with E-state index in [1.807, 2.05) is 0 Å². The Morgan fingerprint density at radius 3 is 2.06 bits per heavy atom. The third kappa shape index (κ3) is 3.07. The molecule has 0 aromatic heterocycles. The molecule has 0 aliphatic heterocycles. The van der Waals surface area contributed by atoms with Gasteiger partial charge in [0.15, 0.2) is 9.76 Å². The molecular weight excluding hydrogens is 242 g/mol. The lowest BCUT2D eigenvalue weighted by molar-refractivity contribution is 0.545. The van der Waals surface area contributed by atoms with Crippen LogP contribution in [0.2, 0.25) is 11.1 Å². The van der Waals surface area contributed by atoms with Crippen LogP contribution in [0.15, 0.2) is 30.3 Å². The van der Waals surface area contributed by atoms with Gasteiger partial charge in [-0.25, -0.2) is 0 Å². The normalized spacial score (nSPS) is 13.1. The first-order chi connectivity index (χ1) is 8.05. The Morgan fingerprint density at radius 2 is 1.65 bits per heavy atom. The monoisotopic (exact) mass is 267 g/mol. The van der Waals surface area contributed by atoms with Crippen LogP contribution in [0.3, 0.4) is 0 Å². The van der Waals surface area contributed by atoms with E-state index < -0.39 is 18.1 Å². The van der Waals surface area contributed by atoms with Crippen molar-refractivity contribution in [3.05, 3.63) is 30.3 Å². The third-order valence-electron chi connectivity index (χ3n) is 3.40. The number of hydrogen-bond acceptors (Lipinski definition) is 2. The number of hydrogen-bond donors (Lipinski definition) is 1. The zero-order chi connectivity index (χ0) is 12.9. The van der Waals surface area contributed by atoms with Gasteiger partial charge in [0.2, 0.25) is 8.32 Å². The quantitative estimate of drug-likeness (QED) is 0.796. The second kappa shape index (κ2) is 6.49. The zero-order valence-corrected chi connectivity index (χ0v) is 13.9. The average molecular weight is 268 g/mol. The van der Waals surface area contributed by atoms with E-state index in [1.54, 1.807) is 0 Å². The fourth-order valence-electron chi connectivity index (χ4n) is 2.68. The Kier molecular flexibility index (Phi) is 5.59. The van der Waals surface area contributed by atoms with Gasteiger partial charge in [0.25, 0.3) is 0 Å². The summed E-state index contributed by atoms with van der Waals surface area (Å²) in [7, 11) is -2.44. The van der Waals surface area contributed by atoms with Crippen LogP contribution in [0.5, 0.6) is 0 Å². The van der Waals surface area contributed by atoms with Crippen LogP contribution in [0.1, 0.15) is 27.7 Å². The summed E-state index contributed by atoms with van der Waals surface area (Å²) < 4.78 is 6.44. The molecule has 0 radical (unpaired) electrons. The molecule has 0 spiro atoms. The Balaban J connectivity index is 3.15. The van der Waals surface area contributed by atoms with E-state index in [9.17, 15) is 0 Å². The first-order valence-corrected chi connectivity index (χ1v) is 10.1. The molecule has 1 aromatic rings. The maximum absolute atomic E-state index is 6.44. The van der Waals surface area contributed by atoms with Gasteiger partial charge in [0.1, 0.15) is 0 Å². The van der Waals surface area contributed by atoms with Crippen molar-refractivity contribution >= 4 is 23.3 Å². The fraction of sp³-hybridized carbons (Fsp3) is 0.538. The minimum Gasteiger partial charge on any atom is -0.456 e. The van der Waals surface area contributed by atoms with Crippen molar-refractivity contribution in [1.29, 1.82) is 0 Å². The highest BCUT2D eigenvalue weighted by Crippen LogP contribution is 2.32. The highest BCUT2D eigenvalue weighted by atomic mass is 28.4. The van der Waals surface area contributed by atoms with E-state index in [4.69, 9.17) is 9.85 Å². The molecule has 0 bridgehead atoms. The van der Waals surface area contributed by atoms with Gasteiger partial charge < -0.3 is 9.85 Å². The molecule has 0 aliphatic rings. The maximum Gasteiger partial charge on any atom is 0.217 e. The standard InChI is InChI=1S/C13H25NOSi2/c1-11(2)17(12(3)4,15-16-10-14)13-8-6-5-7-9-13/h5-9,11-12H,10,14,16H2,1-4H3. The lowest BCUT2D eigenvalue weighted by Crippen LogP contribution is -2.57. The molecule has 0 saturated heterocycles. The van der Waals surface area contributed by atoms with Crippen molar-refractivity contribution in [2.24, 2.45) is 5.73 Å². The molecule has 0 aliphatic carbocycles. The predicted molar refractivity (Wildman–Crippen MR) is 80.7 cm³/mol. The van der Waals surface area contributed by atoms with Crippen LogP contribution in [0, 0.1) is 0 Å². The van der Waals surface area contributed by atoms with E-state index in [-0.39, 0.29) is 0 Å². The zero-order valence-electron chi connectivity index (χ0n) is 11.4. The molecule has 2 N–H and O–H groups in total. The summed E-state index contributed by atoms with van der Waals surface area (Å²) >= 11 is 0. The summed E-state index contributed by atoms with van der Waals surface area (Å²) in [6.07, 6.45) is 0.737. The van der Waals surface area contributed by atoms with E-state index >= 15 is 0 Å². The van der Waals surface area contributed by atoms with Crippen molar-refractivity contribution < 1.29 is 4.12 Å². The van der Waals surface area contributed by atoms with Crippen LogP contribution in [0.4, 0.5) is 0 Å². The molecule has 0 unspecified atom stereocenters. The number of benzene rings is 1. The van der Waals surface area contributed by atoms with E-state index in [0.29, 0.717) is 11.1 Å². The Morgan fingerprint density at radius 1 is 1.12 bits per heavy atom. The summed E-state index contributed by atoms with van der Waals surface area (Å²) in [5, 5.41) is 1.42. The van der Waals surface area contributed by atoms with Crippen LogP contribution in [-0.2, 0) is 4.12 Å². The molecule has 4 heteroatoms. The molecule has 0 fully saturated rings. The van der Waals surface area contributed by atoms with Crippen LogP contribution < -0.4 is 10.9 Å². The Bertz CT molecular complexity index is 319. The summed E-state index contributed by atoms with van der Waals surface area (Å²) in [4.78, 5) is 0. The lowest BCUT2D eigenvalue weighted by Gasteiger charge is -2.39. The van der Waals surface area contributed by atoms with Crippen molar-refractivity contribution in [3.63, 3.8) is 0 Å². The van der Waals surface area contributed by atoms with Gasteiger partial charge >= 0.3 is 0 Å². The topological polar surface area (TPSA) is 35.2 Å². The molecule has 0 heterocycles. The molecule has 0 amide bonds. The van der Waals surface area contributed by atoms with Crippen LogP contribution in [0.25, 0.3) is 0 Å². The van der Waals surface area contributed by atoms with Crippen LogP contribution >= 0.6 is 0 Å². The van der Waals surface area contributed by atoms with Gasteiger partial charge in [0.05, 0.1) is 0 Å². The maximum atomic E-state index is 6.44. The molecule has 96 valence electrons. The second-order valence-corrected chi connectivity index (χ2v) is 11.7. The van der Waals surface area contributed by atoms with E-state index in [0.717, 1.165) is 6.17 Å². The molecule has 2 nitrogen and oxygen atoms in total. The molecule has 1 aromatic carbocycles. The van der Waals surface area contributed by atoms with Crippen LogP contribution in [-0.4, -0.2) is 24.2 Å². The highest BCUT2D eigenvalue weighted by Gasteiger charge is 2.43. The predicted octanol–water partition coefficient (Wildman–Crippen LogP) is 1.68. The molecular formula is C13H25NOSi2. The first kappa shape index (κ1) is 14.6. The highest BCUT2D eigenvalue weighted by molar-refractivity contribution is 6.91. The third-order valence-corrected chi connectivity index (χ3v) is 11.0. The minimum atomic E-state index is -1.87. The molecule has 0 saturated carbocycles. The average Bonchev–Trinajstić information content (AvgIpc) is 2.30.